The summed E-state index contributed by atoms with van der Waals surface area (Å²) in [5.41, 5.74) is 6.14. The Morgan fingerprint density at radius 2 is 1.79 bits per heavy atom. The van der Waals surface area contributed by atoms with Crippen LogP contribution in [0.15, 0.2) is 66.9 Å². The van der Waals surface area contributed by atoms with Gasteiger partial charge in [-0.1, -0.05) is 31.2 Å². The summed E-state index contributed by atoms with van der Waals surface area (Å²) in [7, 11) is 0. The summed E-state index contributed by atoms with van der Waals surface area (Å²) in [4.78, 5) is 26.5. The SMILES string of the molecule is CCc1ccc(NC(=O)N2CCN(Cc3nc4cccnc4n3-c3cccc(C)c3)CC2)cc1. The van der Waals surface area contributed by atoms with Crippen molar-refractivity contribution in [2.45, 2.75) is 26.8 Å². The number of carbonyl (C=O) groups excluding carboxylic acids is 1. The van der Waals surface area contributed by atoms with E-state index in [1.165, 1.54) is 11.1 Å². The van der Waals surface area contributed by atoms with Crippen LogP contribution in [0, 0.1) is 6.92 Å². The predicted octanol–water partition coefficient (Wildman–Crippen LogP) is 4.64. The molecule has 0 spiro atoms. The highest BCUT2D eigenvalue weighted by atomic mass is 16.2. The van der Waals surface area contributed by atoms with Crippen LogP contribution in [0.2, 0.25) is 0 Å². The number of carbonyl (C=O) groups is 1. The van der Waals surface area contributed by atoms with E-state index in [2.05, 4.69) is 70.0 Å². The molecular weight excluding hydrogens is 424 g/mol. The number of imidazole rings is 1. The van der Waals surface area contributed by atoms with Gasteiger partial charge in [0.2, 0.25) is 0 Å². The molecule has 0 atom stereocenters. The van der Waals surface area contributed by atoms with Crippen LogP contribution in [-0.2, 0) is 13.0 Å². The largest absolute Gasteiger partial charge is 0.322 e. The molecule has 174 valence electrons. The molecule has 0 unspecified atom stereocenters. The van der Waals surface area contributed by atoms with Gasteiger partial charge in [-0.15, -0.1) is 0 Å². The van der Waals surface area contributed by atoms with Crippen LogP contribution in [0.3, 0.4) is 0 Å². The van der Waals surface area contributed by atoms with Crippen molar-refractivity contribution in [2.75, 3.05) is 31.5 Å². The Balaban J connectivity index is 1.27. The number of benzene rings is 2. The monoisotopic (exact) mass is 454 g/mol. The molecule has 7 nitrogen and oxygen atoms in total. The summed E-state index contributed by atoms with van der Waals surface area (Å²) in [6, 6.07) is 20.4. The number of nitrogens with one attached hydrogen (secondary N) is 1. The van der Waals surface area contributed by atoms with E-state index in [0.29, 0.717) is 19.6 Å². The maximum atomic E-state index is 12.7. The number of aromatic nitrogens is 3. The molecule has 0 saturated carbocycles. The van der Waals surface area contributed by atoms with Gasteiger partial charge in [-0.3, -0.25) is 9.47 Å². The van der Waals surface area contributed by atoms with Crippen molar-refractivity contribution < 1.29 is 4.79 Å². The normalized spacial score (nSPS) is 14.5. The molecule has 5 rings (SSSR count). The second kappa shape index (κ2) is 9.65. The maximum absolute atomic E-state index is 12.7. The average molecular weight is 455 g/mol. The zero-order valence-electron chi connectivity index (χ0n) is 19.7. The Morgan fingerprint density at radius 3 is 2.53 bits per heavy atom. The number of urea groups is 1. The van der Waals surface area contributed by atoms with Crippen LogP contribution < -0.4 is 5.32 Å². The van der Waals surface area contributed by atoms with Crippen LogP contribution in [0.4, 0.5) is 10.5 Å². The molecule has 1 fully saturated rings. The number of amides is 2. The lowest BCUT2D eigenvalue weighted by atomic mass is 10.1. The Morgan fingerprint density at radius 1 is 1.00 bits per heavy atom. The molecular formula is C27H30N6O. The van der Waals surface area contributed by atoms with Crippen molar-refractivity contribution in [3.63, 3.8) is 0 Å². The molecule has 7 heteroatoms. The van der Waals surface area contributed by atoms with Gasteiger partial charge in [-0.2, -0.15) is 0 Å². The summed E-state index contributed by atoms with van der Waals surface area (Å²) in [6.45, 7) is 7.89. The zero-order valence-corrected chi connectivity index (χ0v) is 19.7. The topological polar surface area (TPSA) is 66.3 Å². The van der Waals surface area contributed by atoms with Gasteiger partial charge in [0.1, 0.15) is 11.3 Å². The Bertz CT molecular complexity index is 1290. The third-order valence-electron chi connectivity index (χ3n) is 6.38. The standard InChI is InChI=1S/C27H30N6O/c1-3-21-9-11-22(12-10-21)29-27(34)32-16-14-31(15-17-32)19-25-30-24-8-5-13-28-26(24)33(25)23-7-4-6-20(2)18-23/h4-13,18H,3,14-17,19H2,1-2H3,(H,29,34). The van der Waals surface area contributed by atoms with E-state index in [1.54, 1.807) is 0 Å². The third kappa shape index (κ3) is 4.65. The first kappa shape index (κ1) is 22.1. The number of pyridine rings is 1. The van der Waals surface area contributed by atoms with E-state index in [1.807, 2.05) is 35.4 Å². The number of aryl methyl sites for hydroxylation is 2. The zero-order chi connectivity index (χ0) is 23.5. The van der Waals surface area contributed by atoms with Crippen LogP contribution in [0.1, 0.15) is 23.9 Å². The maximum Gasteiger partial charge on any atom is 0.321 e. The average Bonchev–Trinajstić information content (AvgIpc) is 3.22. The van der Waals surface area contributed by atoms with Crippen LogP contribution in [0.5, 0.6) is 0 Å². The highest BCUT2D eigenvalue weighted by Gasteiger charge is 2.23. The fourth-order valence-corrected chi connectivity index (χ4v) is 4.44. The molecule has 2 aromatic heterocycles. The van der Waals surface area contributed by atoms with E-state index in [0.717, 1.165) is 47.9 Å². The van der Waals surface area contributed by atoms with Crippen molar-refractivity contribution in [2.24, 2.45) is 0 Å². The van der Waals surface area contributed by atoms with Crippen LogP contribution in [-0.4, -0.2) is 56.5 Å². The summed E-state index contributed by atoms with van der Waals surface area (Å²) >= 11 is 0. The van der Waals surface area contributed by atoms with Gasteiger partial charge in [0.05, 0.1) is 6.54 Å². The third-order valence-corrected chi connectivity index (χ3v) is 6.38. The molecule has 1 N–H and O–H groups in total. The van der Waals surface area contributed by atoms with Gasteiger partial charge in [0.25, 0.3) is 0 Å². The number of hydrogen-bond donors (Lipinski definition) is 1. The van der Waals surface area contributed by atoms with E-state index in [9.17, 15) is 4.79 Å². The fourth-order valence-electron chi connectivity index (χ4n) is 4.44. The molecule has 34 heavy (non-hydrogen) atoms. The van der Waals surface area contributed by atoms with Crippen molar-refractivity contribution in [1.82, 2.24) is 24.3 Å². The van der Waals surface area contributed by atoms with Crippen molar-refractivity contribution in [3.8, 4) is 5.69 Å². The molecule has 1 aliphatic rings. The highest BCUT2D eigenvalue weighted by molar-refractivity contribution is 5.89. The molecule has 4 aromatic rings. The van der Waals surface area contributed by atoms with Gasteiger partial charge in [-0.05, 0) is 60.9 Å². The lowest BCUT2D eigenvalue weighted by molar-refractivity contribution is 0.140. The molecule has 0 aliphatic carbocycles. The first-order chi connectivity index (χ1) is 16.6. The minimum atomic E-state index is -0.0416. The Labute approximate surface area is 200 Å². The summed E-state index contributed by atoms with van der Waals surface area (Å²) < 4.78 is 2.15. The predicted molar refractivity (Wildman–Crippen MR) is 135 cm³/mol. The smallest absolute Gasteiger partial charge is 0.321 e. The van der Waals surface area contributed by atoms with E-state index in [-0.39, 0.29) is 6.03 Å². The Hall–Kier alpha value is -3.71. The van der Waals surface area contributed by atoms with Gasteiger partial charge in [0, 0.05) is 43.8 Å². The minimum Gasteiger partial charge on any atom is -0.322 e. The summed E-state index contributed by atoms with van der Waals surface area (Å²) in [5.74, 6) is 0.966. The highest BCUT2D eigenvalue weighted by Crippen LogP contribution is 2.22. The van der Waals surface area contributed by atoms with E-state index in [4.69, 9.17) is 4.98 Å². The molecule has 2 amide bonds. The summed E-state index contributed by atoms with van der Waals surface area (Å²) in [6.07, 6.45) is 2.80. The number of nitrogens with zero attached hydrogens (tertiary/aromatic N) is 5. The van der Waals surface area contributed by atoms with E-state index < -0.39 is 0 Å². The molecule has 2 aromatic carbocycles. The summed E-state index contributed by atoms with van der Waals surface area (Å²) in [5, 5.41) is 3.02. The number of anilines is 1. The molecule has 0 bridgehead atoms. The lowest BCUT2D eigenvalue weighted by Crippen LogP contribution is -2.49. The fraction of sp³-hybridized carbons (Fsp3) is 0.296. The first-order valence-electron chi connectivity index (χ1n) is 11.9. The first-order valence-corrected chi connectivity index (χ1v) is 11.9. The lowest BCUT2D eigenvalue weighted by Gasteiger charge is -2.34. The van der Waals surface area contributed by atoms with Crippen molar-refractivity contribution >= 4 is 22.9 Å². The van der Waals surface area contributed by atoms with Crippen LogP contribution >= 0.6 is 0 Å². The Kier molecular flexibility index (Phi) is 6.27. The van der Waals surface area contributed by atoms with Gasteiger partial charge in [-0.25, -0.2) is 14.8 Å². The molecule has 1 aliphatic heterocycles. The number of piperazine rings is 1. The number of fused-ring (bicyclic) bond motifs is 1. The molecule has 1 saturated heterocycles. The van der Waals surface area contributed by atoms with E-state index >= 15 is 0 Å². The van der Waals surface area contributed by atoms with Crippen molar-refractivity contribution in [3.05, 3.63) is 83.8 Å². The van der Waals surface area contributed by atoms with Gasteiger partial charge < -0.3 is 10.2 Å². The second-order valence-corrected chi connectivity index (χ2v) is 8.79. The number of rotatable bonds is 5. The molecule has 3 heterocycles. The van der Waals surface area contributed by atoms with Gasteiger partial charge in [0.15, 0.2) is 5.65 Å². The van der Waals surface area contributed by atoms with Crippen molar-refractivity contribution in [1.29, 1.82) is 0 Å². The quantitative estimate of drug-likeness (QED) is 0.477. The number of hydrogen-bond acceptors (Lipinski definition) is 4. The molecule has 0 radical (unpaired) electrons. The second-order valence-electron chi connectivity index (χ2n) is 8.79. The minimum absolute atomic E-state index is 0.0416. The van der Waals surface area contributed by atoms with Gasteiger partial charge >= 0.3 is 6.03 Å². The van der Waals surface area contributed by atoms with Crippen LogP contribution in [0.25, 0.3) is 16.9 Å².